The van der Waals surface area contributed by atoms with Gasteiger partial charge < -0.3 is 0 Å². The molecule has 32 heavy (non-hydrogen) atoms. The van der Waals surface area contributed by atoms with Crippen molar-refractivity contribution in [3.63, 3.8) is 0 Å². The van der Waals surface area contributed by atoms with Crippen molar-refractivity contribution in [2.24, 2.45) is 0 Å². The highest BCUT2D eigenvalue weighted by Gasteiger charge is 2.26. The van der Waals surface area contributed by atoms with Crippen molar-refractivity contribution in [3.8, 4) is 0 Å². The Labute approximate surface area is 192 Å². The molecule has 1 heterocycles. The Morgan fingerprint density at radius 2 is 1.56 bits per heavy atom. The molecule has 0 N–H and O–H groups in total. The number of amides is 1. The number of thiazole rings is 1. The Kier molecular flexibility index (Phi) is 6.67. The Balaban J connectivity index is 1.65. The van der Waals surface area contributed by atoms with Gasteiger partial charge in [-0.3, -0.25) is 9.69 Å². The predicted molar refractivity (Wildman–Crippen MR) is 131 cm³/mol. The molecule has 0 bridgehead atoms. The van der Waals surface area contributed by atoms with Crippen LogP contribution in [0.1, 0.15) is 23.6 Å². The molecule has 1 amide bonds. The summed E-state index contributed by atoms with van der Waals surface area (Å²) in [7, 11) is -3.64. The Morgan fingerprint density at radius 3 is 2.22 bits per heavy atom. The number of nitrogens with zero attached hydrogens (tertiary/aromatic N) is 2. The Hall–Kier alpha value is -3.03. The quantitative estimate of drug-likeness (QED) is 0.368. The molecule has 0 unspecified atom stereocenters. The lowest BCUT2D eigenvalue weighted by molar-refractivity contribution is -0.116. The van der Waals surface area contributed by atoms with Gasteiger partial charge in [-0.2, -0.15) is 0 Å². The average molecular weight is 465 g/mol. The molecule has 0 aliphatic heterocycles. The maximum Gasteiger partial charge on any atom is 0.244 e. The van der Waals surface area contributed by atoms with Crippen LogP contribution in [0.15, 0.2) is 78.9 Å². The minimum Gasteiger partial charge on any atom is -0.283 e. The maximum absolute atomic E-state index is 13.3. The van der Waals surface area contributed by atoms with E-state index in [0.29, 0.717) is 10.7 Å². The van der Waals surface area contributed by atoms with E-state index in [4.69, 9.17) is 4.98 Å². The third kappa shape index (κ3) is 5.23. The summed E-state index contributed by atoms with van der Waals surface area (Å²) in [6.45, 7) is 2.33. The number of hydrogen-bond acceptors (Lipinski definition) is 5. The smallest absolute Gasteiger partial charge is 0.244 e. The number of carbonyl (C=O) groups excluding carboxylic acids is 1. The molecular formula is C25H24N2O3S2. The number of para-hydroxylation sites is 1. The van der Waals surface area contributed by atoms with E-state index in [1.54, 1.807) is 24.3 Å². The summed E-state index contributed by atoms with van der Waals surface area (Å²) in [5.41, 5.74) is 3.56. The van der Waals surface area contributed by atoms with Crippen molar-refractivity contribution in [3.05, 3.63) is 95.6 Å². The first-order valence-electron chi connectivity index (χ1n) is 10.4. The van der Waals surface area contributed by atoms with E-state index in [2.05, 4.69) is 6.92 Å². The molecule has 7 heteroatoms. The number of anilines is 1. The highest BCUT2D eigenvalue weighted by molar-refractivity contribution is 7.91. The molecule has 0 atom stereocenters. The van der Waals surface area contributed by atoms with E-state index in [-0.39, 0.29) is 12.3 Å². The normalized spacial score (nSPS) is 11.5. The number of hydrogen-bond donors (Lipinski definition) is 0. The third-order valence-electron chi connectivity index (χ3n) is 5.16. The molecule has 164 valence electrons. The number of sulfone groups is 1. The predicted octanol–water partition coefficient (Wildman–Crippen LogP) is 5.01. The van der Waals surface area contributed by atoms with Gasteiger partial charge in [-0.15, -0.1) is 0 Å². The number of aryl methyl sites for hydroxylation is 1. The van der Waals surface area contributed by atoms with Gasteiger partial charge in [0.15, 0.2) is 15.0 Å². The molecule has 1 aromatic heterocycles. The molecule has 4 aromatic rings. The zero-order chi connectivity index (χ0) is 22.6. The standard InChI is InChI=1S/C25H24N2O3S2/c1-2-21-14-9-15-22-24(21)26-25(31-22)27(16-19-10-5-3-6-11-19)23(28)18-32(29,30)17-20-12-7-4-8-13-20/h3-15H,2,16-18H2,1H3. The zero-order valence-electron chi connectivity index (χ0n) is 17.8. The molecule has 0 saturated heterocycles. The van der Waals surface area contributed by atoms with Crippen molar-refractivity contribution in [2.75, 3.05) is 10.7 Å². The minimum atomic E-state index is -3.64. The second-order valence-corrected chi connectivity index (χ2v) is 10.7. The van der Waals surface area contributed by atoms with Crippen LogP contribution in [-0.2, 0) is 33.4 Å². The first-order chi connectivity index (χ1) is 15.4. The highest BCUT2D eigenvalue weighted by atomic mass is 32.2. The highest BCUT2D eigenvalue weighted by Crippen LogP contribution is 2.32. The second kappa shape index (κ2) is 9.63. The number of rotatable bonds is 8. The Morgan fingerprint density at radius 1 is 0.906 bits per heavy atom. The fraction of sp³-hybridized carbons (Fsp3) is 0.200. The topological polar surface area (TPSA) is 67.3 Å². The van der Waals surface area contributed by atoms with Gasteiger partial charge in [0.05, 0.1) is 22.5 Å². The van der Waals surface area contributed by atoms with Crippen LogP contribution in [-0.4, -0.2) is 25.1 Å². The minimum absolute atomic E-state index is 0.168. The van der Waals surface area contributed by atoms with E-state index in [1.807, 2.05) is 54.6 Å². The molecule has 0 aliphatic carbocycles. The van der Waals surface area contributed by atoms with Gasteiger partial charge in [-0.25, -0.2) is 13.4 Å². The monoisotopic (exact) mass is 464 g/mol. The lowest BCUT2D eigenvalue weighted by Gasteiger charge is -2.20. The van der Waals surface area contributed by atoms with E-state index < -0.39 is 21.5 Å². The molecular weight excluding hydrogens is 440 g/mol. The first-order valence-corrected chi connectivity index (χ1v) is 13.1. The second-order valence-electron chi connectivity index (χ2n) is 7.60. The fourth-order valence-electron chi connectivity index (χ4n) is 3.57. The van der Waals surface area contributed by atoms with Crippen molar-refractivity contribution in [2.45, 2.75) is 25.6 Å². The van der Waals surface area contributed by atoms with E-state index in [1.165, 1.54) is 16.2 Å². The summed E-state index contributed by atoms with van der Waals surface area (Å²) in [6, 6.07) is 24.5. The fourth-order valence-corrected chi connectivity index (χ4v) is 5.93. The molecule has 3 aromatic carbocycles. The Bertz CT molecular complexity index is 1320. The number of aromatic nitrogens is 1. The summed E-state index contributed by atoms with van der Waals surface area (Å²) < 4.78 is 26.6. The zero-order valence-corrected chi connectivity index (χ0v) is 19.4. The lowest BCUT2D eigenvalue weighted by atomic mass is 10.1. The molecule has 0 aliphatic rings. The van der Waals surface area contributed by atoms with Gasteiger partial charge in [0, 0.05) is 0 Å². The first kappa shape index (κ1) is 22.2. The van der Waals surface area contributed by atoms with Gasteiger partial charge in [0.2, 0.25) is 5.91 Å². The van der Waals surface area contributed by atoms with E-state index in [0.717, 1.165) is 27.8 Å². The summed E-state index contributed by atoms with van der Waals surface area (Å²) in [5, 5.41) is 0.518. The SMILES string of the molecule is CCc1cccc2sc(N(Cc3ccccc3)C(=O)CS(=O)(=O)Cc3ccccc3)nc12. The summed E-state index contributed by atoms with van der Waals surface area (Å²) >= 11 is 1.41. The number of fused-ring (bicyclic) bond motifs is 1. The van der Waals surface area contributed by atoms with Crippen LogP contribution in [0.5, 0.6) is 0 Å². The maximum atomic E-state index is 13.3. The van der Waals surface area contributed by atoms with Gasteiger partial charge in [-0.05, 0) is 29.2 Å². The third-order valence-corrected chi connectivity index (χ3v) is 7.66. The summed E-state index contributed by atoms with van der Waals surface area (Å²) in [4.78, 5) is 19.5. The molecule has 0 fully saturated rings. The molecule has 0 spiro atoms. The van der Waals surface area contributed by atoms with Crippen LogP contribution in [0.4, 0.5) is 5.13 Å². The molecule has 4 rings (SSSR count). The van der Waals surface area contributed by atoms with Crippen LogP contribution in [0, 0.1) is 0 Å². The van der Waals surface area contributed by atoms with E-state index >= 15 is 0 Å². The van der Waals surface area contributed by atoms with Crippen LogP contribution in [0.2, 0.25) is 0 Å². The number of carbonyl (C=O) groups is 1. The van der Waals surface area contributed by atoms with Gasteiger partial charge >= 0.3 is 0 Å². The van der Waals surface area contributed by atoms with Crippen LogP contribution in [0.25, 0.3) is 10.2 Å². The summed E-state index contributed by atoms with van der Waals surface area (Å²) in [5.74, 6) is -1.20. The van der Waals surface area contributed by atoms with Crippen molar-refractivity contribution in [1.82, 2.24) is 4.98 Å². The van der Waals surface area contributed by atoms with Crippen LogP contribution in [0.3, 0.4) is 0 Å². The van der Waals surface area contributed by atoms with Crippen molar-refractivity contribution >= 4 is 42.4 Å². The van der Waals surface area contributed by atoms with E-state index in [9.17, 15) is 13.2 Å². The van der Waals surface area contributed by atoms with Crippen molar-refractivity contribution < 1.29 is 13.2 Å². The van der Waals surface area contributed by atoms with Crippen LogP contribution >= 0.6 is 11.3 Å². The van der Waals surface area contributed by atoms with Gasteiger partial charge in [0.1, 0.15) is 5.75 Å². The van der Waals surface area contributed by atoms with Crippen LogP contribution < -0.4 is 4.90 Å². The summed E-state index contributed by atoms with van der Waals surface area (Å²) in [6.07, 6.45) is 0.832. The lowest BCUT2D eigenvalue weighted by Crippen LogP contribution is -2.35. The van der Waals surface area contributed by atoms with Gasteiger partial charge in [0.25, 0.3) is 0 Å². The molecule has 0 saturated carbocycles. The van der Waals surface area contributed by atoms with Crippen molar-refractivity contribution in [1.29, 1.82) is 0 Å². The van der Waals surface area contributed by atoms with Gasteiger partial charge in [-0.1, -0.05) is 91.1 Å². The molecule has 0 radical (unpaired) electrons. The molecule has 5 nitrogen and oxygen atoms in total. The average Bonchev–Trinajstić information content (AvgIpc) is 3.22. The number of benzene rings is 3. The largest absolute Gasteiger partial charge is 0.283 e.